The van der Waals surface area contributed by atoms with Crippen LogP contribution in [0.4, 0.5) is 13.2 Å². The lowest BCUT2D eigenvalue weighted by molar-refractivity contribution is -0.137. The van der Waals surface area contributed by atoms with Gasteiger partial charge in [0.15, 0.2) is 11.5 Å². The van der Waals surface area contributed by atoms with E-state index in [-0.39, 0.29) is 28.1 Å². The van der Waals surface area contributed by atoms with Gasteiger partial charge in [0.2, 0.25) is 0 Å². The molecule has 0 unspecified atom stereocenters. The molecule has 1 aliphatic rings. The second kappa shape index (κ2) is 7.28. The maximum absolute atomic E-state index is 12.6. The van der Waals surface area contributed by atoms with Crippen molar-refractivity contribution in [2.45, 2.75) is 44.0 Å². The monoisotopic (exact) mass is 388 g/mol. The van der Waals surface area contributed by atoms with Crippen LogP contribution in [0.15, 0.2) is 28.8 Å². The minimum absolute atomic E-state index is 0.0224. The van der Waals surface area contributed by atoms with Gasteiger partial charge in [-0.15, -0.1) is 0 Å². The Hall–Kier alpha value is -2.06. The van der Waals surface area contributed by atoms with Crippen molar-refractivity contribution in [3.05, 3.63) is 40.5 Å². The molecule has 9 heteroatoms. The van der Waals surface area contributed by atoms with E-state index in [4.69, 9.17) is 16.1 Å². The van der Waals surface area contributed by atoms with Gasteiger partial charge in [0, 0.05) is 11.6 Å². The third-order valence-electron chi connectivity index (χ3n) is 4.31. The predicted molar refractivity (Wildman–Crippen MR) is 87.7 cm³/mol. The number of aliphatic hydroxyl groups excluding tert-OH is 1. The molecule has 0 saturated heterocycles. The Kier molecular flexibility index (Phi) is 5.24. The van der Waals surface area contributed by atoms with Crippen LogP contribution in [0, 0.1) is 0 Å². The summed E-state index contributed by atoms with van der Waals surface area (Å²) >= 11 is 6.14. The molecule has 2 aromatic rings. The van der Waals surface area contributed by atoms with Gasteiger partial charge in [-0.25, -0.2) is 0 Å². The van der Waals surface area contributed by atoms with Crippen molar-refractivity contribution >= 4 is 17.5 Å². The highest BCUT2D eigenvalue weighted by molar-refractivity contribution is 6.35. The van der Waals surface area contributed by atoms with Crippen LogP contribution in [0.2, 0.25) is 5.02 Å². The lowest BCUT2D eigenvalue weighted by Crippen LogP contribution is -2.40. The fraction of sp³-hybridized carbons (Fsp3) is 0.412. The second-order valence-electron chi connectivity index (χ2n) is 6.24. The van der Waals surface area contributed by atoms with E-state index in [0.29, 0.717) is 12.8 Å². The topological polar surface area (TPSA) is 75.4 Å². The Labute approximate surface area is 152 Å². The van der Waals surface area contributed by atoms with Gasteiger partial charge < -0.3 is 14.9 Å². The molecule has 140 valence electrons. The molecule has 0 radical (unpaired) electrons. The Balaban J connectivity index is 1.76. The predicted octanol–water partition coefficient (Wildman–Crippen LogP) is 4.05. The number of aliphatic hydroxyl groups is 1. The highest BCUT2D eigenvalue weighted by Crippen LogP contribution is 2.34. The van der Waals surface area contributed by atoms with E-state index in [1.807, 2.05) is 0 Å². The van der Waals surface area contributed by atoms with E-state index in [1.54, 1.807) is 0 Å². The third kappa shape index (κ3) is 4.02. The van der Waals surface area contributed by atoms with Crippen molar-refractivity contribution in [2.24, 2.45) is 0 Å². The van der Waals surface area contributed by atoms with E-state index >= 15 is 0 Å². The van der Waals surface area contributed by atoms with Gasteiger partial charge in [0.05, 0.1) is 11.7 Å². The molecule has 0 aliphatic heterocycles. The molecule has 1 fully saturated rings. The molecular weight excluding hydrogens is 373 g/mol. The molecule has 26 heavy (non-hydrogen) atoms. The largest absolute Gasteiger partial charge is 0.416 e. The summed E-state index contributed by atoms with van der Waals surface area (Å²) in [6.07, 6.45) is -2.20. The van der Waals surface area contributed by atoms with Crippen molar-refractivity contribution in [1.29, 1.82) is 0 Å². The first-order chi connectivity index (χ1) is 12.3. The Morgan fingerprint density at radius 3 is 2.58 bits per heavy atom. The van der Waals surface area contributed by atoms with Crippen LogP contribution in [-0.2, 0) is 6.18 Å². The average molecular weight is 389 g/mol. The van der Waals surface area contributed by atoms with Crippen LogP contribution >= 0.6 is 11.6 Å². The fourth-order valence-corrected chi connectivity index (χ4v) is 3.22. The summed E-state index contributed by atoms with van der Waals surface area (Å²) in [6.45, 7) is 0. The normalized spacial score (nSPS) is 20.8. The minimum atomic E-state index is -4.45. The Morgan fingerprint density at radius 2 is 1.96 bits per heavy atom. The molecule has 1 aliphatic carbocycles. The molecule has 0 spiro atoms. The quantitative estimate of drug-likeness (QED) is 0.831. The second-order valence-corrected chi connectivity index (χ2v) is 6.62. The first kappa shape index (κ1) is 18.7. The summed E-state index contributed by atoms with van der Waals surface area (Å²) in [6, 6.07) is 4.02. The number of alkyl halides is 3. The van der Waals surface area contributed by atoms with Crippen molar-refractivity contribution in [3.8, 4) is 11.3 Å². The van der Waals surface area contributed by atoms with Gasteiger partial charge in [0.1, 0.15) is 5.02 Å². The molecule has 5 nitrogen and oxygen atoms in total. The lowest BCUT2D eigenvalue weighted by Gasteiger charge is -2.26. The molecule has 1 amide bonds. The van der Waals surface area contributed by atoms with E-state index in [9.17, 15) is 23.1 Å². The Bertz CT molecular complexity index is 790. The first-order valence-corrected chi connectivity index (χ1v) is 8.45. The average Bonchev–Trinajstić information content (AvgIpc) is 2.96. The maximum Gasteiger partial charge on any atom is 0.416 e. The van der Waals surface area contributed by atoms with Crippen molar-refractivity contribution in [3.63, 3.8) is 0 Å². The van der Waals surface area contributed by atoms with Crippen LogP contribution < -0.4 is 5.32 Å². The highest BCUT2D eigenvalue weighted by Gasteiger charge is 2.31. The minimum Gasteiger partial charge on any atom is -0.393 e. The smallest absolute Gasteiger partial charge is 0.393 e. The number of carbonyl (C=O) groups excluding carboxylic acids is 1. The van der Waals surface area contributed by atoms with Crippen LogP contribution in [-0.4, -0.2) is 28.3 Å². The Morgan fingerprint density at radius 1 is 1.27 bits per heavy atom. The van der Waals surface area contributed by atoms with Gasteiger partial charge in [-0.05, 0) is 37.8 Å². The van der Waals surface area contributed by atoms with Gasteiger partial charge in [-0.3, -0.25) is 4.79 Å². The standard InChI is InChI=1S/C17H16ClF3N2O3/c18-13-14(16(25)22-11-2-1-3-12(24)8-11)23-26-15(13)9-4-6-10(7-5-9)17(19,20)21/h4-7,11-12,24H,1-3,8H2,(H,22,25)/t11-,12+/m1/s1. The number of nitrogens with one attached hydrogen (secondary N) is 1. The van der Waals surface area contributed by atoms with Gasteiger partial charge in [-0.2, -0.15) is 13.2 Å². The lowest BCUT2D eigenvalue weighted by atomic mass is 9.93. The molecule has 1 aromatic carbocycles. The summed E-state index contributed by atoms with van der Waals surface area (Å²) in [5.74, 6) is -0.523. The summed E-state index contributed by atoms with van der Waals surface area (Å²) < 4.78 is 43.0. The van der Waals surface area contributed by atoms with Gasteiger partial charge in [-0.1, -0.05) is 28.9 Å². The maximum atomic E-state index is 12.6. The molecule has 2 N–H and O–H groups in total. The highest BCUT2D eigenvalue weighted by atomic mass is 35.5. The molecule has 3 rings (SSSR count). The number of nitrogens with zero attached hydrogens (tertiary/aromatic N) is 1. The summed E-state index contributed by atoms with van der Waals surface area (Å²) in [5, 5.41) is 16.0. The number of rotatable bonds is 3. The number of hydrogen-bond acceptors (Lipinski definition) is 4. The number of benzene rings is 1. The zero-order valence-electron chi connectivity index (χ0n) is 13.5. The van der Waals surface area contributed by atoms with Gasteiger partial charge in [0.25, 0.3) is 5.91 Å². The number of aromatic nitrogens is 1. The molecule has 1 aromatic heterocycles. The molecule has 1 heterocycles. The van der Waals surface area contributed by atoms with Gasteiger partial charge >= 0.3 is 6.18 Å². The zero-order valence-corrected chi connectivity index (χ0v) is 14.3. The molecule has 1 saturated carbocycles. The number of amides is 1. The van der Waals surface area contributed by atoms with E-state index in [2.05, 4.69) is 10.5 Å². The molecular formula is C17H16ClF3N2O3. The van der Waals surface area contributed by atoms with Crippen LogP contribution in [0.1, 0.15) is 41.7 Å². The van der Waals surface area contributed by atoms with Crippen molar-refractivity contribution in [2.75, 3.05) is 0 Å². The van der Waals surface area contributed by atoms with E-state index in [0.717, 1.165) is 25.0 Å². The fourth-order valence-electron chi connectivity index (χ4n) is 2.96. The van der Waals surface area contributed by atoms with Crippen molar-refractivity contribution in [1.82, 2.24) is 10.5 Å². The van der Waals surface area contributed by atoms with E-state index < -0.39 is 23.8 Å². The SMILES string of the molecule is O=C(N[C@@H]1CCC[C@H](O)C1)c1noc(-c2ccc(C(F)(F)F)cc2)c1Cl. The number of hydrogen-bond donors (Lipinski definition) is 2. The number of halogens is 4. The van der Waals surface area contributed by atoms with Crippen molar-refractivity contribution < 1.29 is 27.6 Å². The summed E-state index contributed by atoms with van der Waals surface area (Å²) in [4.78, 5) is 12.3. The molecule has 2 atom stereocenters. The van der Waals surface area contributed by atoms with Crippen LogP contribution in [0.5, 0.6) is 0 Å². The van der Waals surface area contributed by atoms with E-state index in [1.165, 1.54) is 12.1 Å². The summed E-state index contributed by atoms with van der Waals surface area (Å²) in [5.41, 5.74) is -0.657. The molecule has 0 bridgehead atoms. The van der Waals surface area contributed by atoms with Crippen LogP contribution in [0.25, 0.3) is 11.3 Å². The third-order valence-corrected chi connectivity index (χ3v) is 4.66. The zero-order chi connectivity index (χ0) is 18.9. The first-order valence-electron chi connectivity index (χ1n) is 8.07. The van der Waals surface area contributed by atoms with Crippen LogP contribution in [0.3, 0.4) is 0 Å². The summed E-state index contributed by atoms with van der Waals surface area (Å²) in [7, 11) is 0. The number of carbonyl (C=O) groups is 1.